The summed E-state index contributed by atoms with van der Waals surface area (Å²) < 4.78 is 1.63. The second-order valence-corrected chi connectivity index (χ2v) is 4.67. The normalized spacial score (nSPS) is 10.4. The maximum Gasteiger partial charge on any atom is 0.221 e. The highest BCUT2D eigenvalue weighted by Crippen LogP contribution is 2.00. The van der Waals surface area contributed by atoms with Gasteiger partial charge in [0, 0.05) is 25.3 Å². The number of amides is 1. The van der Waals surface area contributed by atoms with Crippen LogP contribution >= 0.6 is 11.8 Å². The fourth-order valence-electron chi connectivity index (χ4n) is 1.18. The average Bonchev–Trinajstić information content (AvgIpc) is 2.84. The summed E-state index contributed by atoms with van der Waals surface area (Å²) in [6.07, 6.45) is 4.28. The summed E-state index contributed by atoms with van der Waals surface area (Å²) in [6.45, 7) is 1.47. The van der Waals surface area contributed by atoms with Gasteiger partial charge >= 0.3 is 0 Å². The standard InChI is InChI=1S/C10H18N4O2S/c15-5-1-6-17-7-3-12-10(16)2-4-14-9-11-8-13-14/h8-9,15H,1-7H2,(H,12,16). The number of carbonyl (C=O) groups is 1. The molecule has 0 saturated heterocycles. The Labute approximate surface area is 105 Å². The Morgan fingerprint density at radius 2 is 2.35 bits per heavy atom. The Morgan fingerprint density at radius 3 is 3.06 bits per heavy atom. The first-order chi connectivity index (χ1) is 8.33. The highest BCUT2D eigenvalue weighted by molar-refractivity contribution is 7.99. The summed E-state index contributed by atoms with van der Waals surface area (Å²) in [5.41, 5.74) is 0. The van der Waals surface area contributed by atoms with E-state index in [-0.39, 0.29) is 12.5 Å². The Kier molecular flexibility index (Phi) is 7.40. The van der Waals surface area contributed by atoms with Crippen molar-refractivity contribution >= 4 is 17.7 Å². The number of carbonyl (C=O) groups excluding carboxylic acids is 1. The molecule has 1 aromatic rings. The molecule has 0 saturated carbocycles. The topological polar surface area (TPSA) is 80.0 Å². The van der Waals surface area contributed by atoms with Gasteiger partial charge in [-0.15, -0.1) is 0 Å². The number of nitrogens with one attached hydrogen (secondary N) is 1. The van der Waals surface area contributed by atoms with Gasteiger partial charge in [-0.05, 0) is 12.2 Å². The predicted molar refractivity (Wildman–Crippen MR) is 66.7 cm³/mol. The maximum atomic E-state index is 11.4. The molecule has 1 heterocycles. The van der Waals surface area contributed by atoms with Crippen LogP contribution in [0.15, 0.2) is 12.7 Å². The monoisotopic (exact) mass is 258 g/mol. The third-order valence-corrected chi connectivity index (χ3v) is 3.12. The van der Waals surface area contributed by atoms with E-state index in [1.807, 2.05) is 0 Å². The lowest BCUT2D eigenvalue weighted by molar-refractivity contribution is -0.121. The van der Waals surface area contributed by atoms with Crippen molar-refractivity contribution in [3.63, 3.8) is 0 Å². The van der Waals surface area contributed by atoms with Gasteiger partial charge in [0.15, 0.2) is 0 Å². The van der Waals surface area contributed by atoms with Gasteiger partial charge in [-0.1, -0.05) is 0 Å². The number of hydrogen-bond donors (Lipinski definition) is 2. The van der Waals surface area contributed by atoms with E-state index in [1.165, 1.54) is 6.33 Å². The number of thioether (sulfide) groups is 1. The Balaban J connectivity index is 1.94. The van der Waals surface area contributed by atoms with Crippen LogP contribution in [0.3, 0.4) is 0 Å². The minimum Gasteiger partial charge on any atom is -0.396 e. The van der Waals surface area contributed by atoms with Gasteiger partial charge in [0.2, 0.25) is 5.91 Å². The second kappa shape index (κ2) is 9.00. The molecule has 0 aliphatic carbocycles. The molecule has 0 bridgehead atoms. The van der Waals surface area contributed by atoms with Crippen molar-refractivity contribution in [2.75, 3.05) is 24.7 Å². The molecule has 0 aromatic carbocycles. The highest BCUT2D eigenvalue weighted by Gasteiger charge is 2.01. The Hall–Kier alpha value is -1.08. The first-order valence-corrected chi connectivity index (χ1v) is 6.76. The van der Waals surface area contributed by atoms with Crippen molar-refractivity contribution in [3.05, 3.63) is 12.7 Å². The van der Waals surface area contributed by atoms with Gasteiger partial charge in [0.05, 0.1) is 6.54 Å². The molecule has 7 heteroatoms. The van der Waals surface area contributed by atoms with E-state index in [1.54, 1.807) is 22.8 Å². The lowest BCUT2D eigenvalue weighted by atomic mass is 10.4. The molecule has 6 nitrogen and oxygen atoms in total. The number of hydrogen-bond acceptors (Lipinski definition) is 5. The third kappa shape index (κ3) is 6.96. The number of aliphatic hydroxyl groups excluding tert-OH is 1. The van der Waals surface area contributed by atoms with Crippen LogP contribution in [0.5, 0.6) is 0 Å². The Morgan fingerprint density at radius 1 is 1.47 bits per heavy atom. The largest absolute Gasteiger partial charge is 0.396 e. The van der Waals surface area contributed by atoms with Crippen molar-refractivity contribution in [1.29, 1.82) is 0 Å². The van der Waals surface area contributed by atoms with Gasteiger partial charge in [0.25, 0.3) is 0 Å². The number of aryl methyl sites for hydroxylation is 1. The van der Waals surface area contributed by atoms with Gasteiger partial charge in [-0.3, -0.25) is 9.48 Å². The molecule has 0 unspecified atom stereocenters. The van der Waals surface area contributed by atoms with E-state index in [0.717, 1.165) is 17.9 Å². The van der Waals surface area contributed by atoms with Crippen molar-refractivity contribution < 1.29 is 9.90 Å². The Bertz CT molecular complexity index is 305. The molecule has 96 valence electrons. The van der Waals surface area contributed by atoms with Crippen LogP contribution in [0.25, 0.3) is 0 Å². The quantitative estimate of drug-likeness (QED) is 0.605. The molecule has 0 aliphatic heterocycles. The van der Waals surface area contributed by atoms with Gasteiger partial charge in [0.1, 0.15) is 12.7 Å². The molecule has 0 fully saturated rings. The molecule has 1 amide bonds. The summed E-state index contributed by atoms with van der Waals surface area (Å²) in [6, 6.07) is 0. The minimum atomic E-state index is 0.0308. The SMILES string of the molecule is O=C(CCn1cncn1)NCCSCCCO. The van der Waals surface area contributed by atoms with Crippen molar-refractivity contribution in [1.82, 2.24) is 20.1 Å². The van der Waals surface area contributed by atoms with E-state index in [2.05, 4.69) is 15.4 Å². The van der Waals surface area contributed by atoms with Crippen LogP contribution in [0.1, 0.15) is 12.8 Å². The summed E-state index contributed by atoms with van der Waals surface area (Å²) in [5.74, 6) is 1.85. The number of rotatable bonds is 9. The lowest BCUT2D eigenvalue weighted by Gasteiger charge is -2.04. The van der Waals surface area contributed by atoms with E-state index in [0.29, 0.717) is 19.5 Å². The summed E-state index contributed by atoms with van der Waals surface area (Å²) >= 11 is 1.73. The molecule has 1 aromatic heterocycles. The van der Waals surface area contributed by atoms with E-state index >= 15 is 0 Å². The van der Waals surface area contributed by atoms with E-state index in [9.17, 15) is 4.79 Å². The predicted octanol–water partition coefficient (Wildman–Crippen LogP) is -0.100. The number of nitrogens with zero attached hydrogens (tertiary/aromatic N) is 3. The molecule has 1 rings (SSSR count). The fraction of sp³-hybridized carbons (Fsp3) is 0.700. The van der Waals surface area contributed by atoms with Crippen LogP contribution in [-0.4, -0.2) is 50.4 Å². The van der Waals surface area contributed by atoms with Gasteiger partial charge in [-0.25, -0.2) is 4.98 Å². The van der Waals surface area contributed by atoms with Crippen LogP contribution in [-0.2, 0) is 11.3 Å². The average molecular weight is 258 g/mol. The van der Waals surface area contributed by atoms with Crippen molar-refractivity contribution in [3.8, 4) is 0 Å². The minimum absolute atomic E-state index is 0.0308. The second-order valence-electron chi connectivity index (χ2n) is 3.45. The van der Waals surface area contributed by atoms with Crippen LogP contribution < -0.4 is 5.32 Å². The van der Waals surface area contributed by atoms with Crippen LogP contribution in [0.2, 0.25) is 0 Å². The summed E-state index contributed by atoms with van der Waals surface area (Å²) in [7, 11) is 0. The molecular formula is C10H18N4O2S. The first kappa shape index (κ1) is 14.0. The van der Waals surface area contributed by atoms with Crippen molar-refractivity contribution in [2.45, 2.75) is 19.4 Å². The van der Waals surface area contributed by atoms with Gasteiger partial charge in [-0.2, -0.15) is 16.9 Å². The smallest absolute Gasteiger partial charge is 0.221 e. The van der Waals surface area contributed by atoms with Gasteiger partial charge < -0.3 is 10.4 Å². The summed E-state index contributed by atoms with van der Waals surface area (Å²) in [4.78, 5) is 15.2. The zero-order valence-corrected chi connectivity index (χ0v) is 10.5. The third-order valence-electron chi connectivity index (χ3n) is 2.05. The number of aromatic nitrogens is 3. The van der Waals surface area contributed by atoms with E-state index < -0.39 is 0 Å². The zero-order chi connectivity index (χ0) is 12.3. The van der Waals surface area contributed by atoms with Crippen LogP contribution in [0.4, 0.5) is 0 Å². The van der Waals surface area contributed by atoms with Crippen LogP contribution in [0, 0.1) is 0 Å². The maximum absolute atomic E-state index is 11.4. The molecular weight excluding hydrogens is 240 g/mol. The molecule has 2 N–H and O–H groups in total. The van der Waals surface area contributed by atoms with Crippen molar-refractivity contribution in [2.24, 2.45) is 0 Å². The lowest BCUT2D eigenvalue weighted by Crippen LogP contribution is -2.26. The highest BCUT2D eigenvalue weighted by atomic mass is 32.2. The summed E-state index contributed by atoms with van der Waals surface area (Å²) in [5, 5.41) is 15.3. The fourth-order valence-corrected chi connectivity index (χ4v) is 1.97. The zero-order valence-electron chi connectivity index (χ0n) is 9.71. The first-order valence-electron chi connectivity index (χ1n) is 5.60. The van der Waals surface area contributed by atoms with E-state index in [4.69, 9.17) is 5.11 Å². The molecule has 0 aliphatic rings. The number of aliphatic hydroxyl groups is 1. The molecule has 17 heavy (non-hydrogen) atoms. The molecule has 0 spiro atoms. The molecule has 0 atom stereocenters. The molecule has 0 radical (unpaired) electrons.